The molecule has 0 saturated carbocycles. The van der Waals surface area contributed by atoms with Crippen LogP contribution in [-0.2, 0) is 6.42 Å². The number of hydrogen-bond donors (Lipinski definition) is 1. The maximum absolute atomic E-state index is 8.87. The molecule has 74 valence electrons. The molecule has 4 nitrogen and oxygen atoms in total. The summed E-state index contributed by atoms with van der Waals surface area (Å²) in [5.74, 6) is 0.753. The van der Waals surface area contributed by atoms with Crippen LogP contribution in [0.5, 0.6) is 5.75 Å². The second-order valence-corrected chi connectivity index (χ2v) is 3.17. The minimum Gasteiger partial charge on any atom is -0.493 e. The van der Waals surface area contributed by atoms with E-state index >= 15 is 0 Å². The zero-order valence-corrected chi connectivity index (χ0v) is 8.32. The molecule has 1 aromatic heterocycles. The van der Waals surface area contributed by atoms with Crippen LogP contribution in [0.1, 0.15) is 25.6 Å². The van der Waals surface area contributed by atoms with Crippen LogP contribution in [0.2, 0.25) is 0 Å². The Hall–Kier alpha value is -1.03. The molecule has 0 saturated heterocycles. The Kier molecular flexibility index (Phi) is 3.31. The summed E-state index contributed by atoms with van der Waals surface area (Å²) in [5.41, 5.74) is 0.958. The fourth-order valence-corrected chi connectivity index (χ4v) is 1.33. The summed E-state index contributed by atoms with van der Waals surface area (Å²) >= 11 is 0. The van der Waals surface area contributed by atoms with Gasteiger partial charge in [0, 0.05) is 19.1 Å². The first kappa shape index (κ1) is 10.1. The Morgan fingerprint density at radius 1 is 1.62 bits per heavy atom. The lowest BCUT2D eigenvalue weighted by atomic mass is 10.3. The summed E-state index contributed by atoms with van der Waals surface area (Å²) in [4.78, 5) is 0. The SMILES string of the molecule is COc1cnn(C(C)C)c1CCO. The molecule has 0 atom stereocenters. The summed E-state index contributed by atoms with van der Waals surface area (Å²) in [6.07, 6.45) is 2.27. The van der Waals surface area contributed by atoms with Gasteiger partial charge in [-0.25, -0.2) is 0 Å². The maximum Gasteiger partial charge on any atom is 0.160 e. The van der Waals surface area contributed by atoms with Gasteiger partial charge in [-0.05, 0) is 13.8 Å². The number of methoxy groups -OCH3 is 1. The van der Waals surface area contributed by atoms with Gasteiger partial charge in [0.15, 0.2) is 5.75 Å². The van der Waals surface area contributed by atoms with Crippen molar-refractivity contribution in [3.63, 3.8) is 0 Å². The second kappa shape index (κ2) is 4.28. The Balaban J connectivity index is 2.99. The fourth-order valence-electron chi connectivity index (χ4n) is 1.33. The van der Waals surface area contributed by atoms with E-state index in [9.17, 15) is 0 Å². The van der Waals surface area contributed by atoms with Gasteiger partial charge in [-0.3, -0.25) is 4.68 Å². The molecular weight excluding hydrogens is 168 g/mol. The van der Waals surface area contributed by atoms with Crippen molar-refractivity contribution < 1.29 is 9.84 Å². The van der Waals surface area contributed by atoms with Crippen molar-refractivity contribution in [2.45, 2.75) is 26.3 Å². The Morgan fingerprint density at radius 2 is 2.31 bits per heavy atom. The van der Waals surface area contributed by atoms with Crippen LogP contribution in [0.25, 0.3) is 0 Å². The zero-order valence-electron chi connectivity index (χ0n) is 8.32. The average Bonchev–Trinajstić information content (AvgIpc) is 2.48. The molecule has 0 amide bonds. The summed E-state index contributed by atoms with van der Waals surface area (Å²) in [7, 11) is 1.61. The van der Waals surface area contributed by atoms with Gasteiger partial charge in [0.05, 0.1) is 19.0 Å². The van der Waals surface area contributed by atoms with E-state index in [2.05, 4.69) is 5.10 Å². The number of ether oxygens (including phenoxy) is 1. The number of aliphatic hydroxyl groups excluding tert-OH is 1. The number of aromatic nitrogens is 2. The van der Waals surface area contributed by atoms with E-state index in [-0.39, 0.29) is 6.61 Å². The zero-order chi connectivity index (χ0) is 9.84. The molecule has 0 radical (unpaired) electrons. The lowest BCUT2D eigenvalue weighted by Crippen LogP contribution is -2.09. The van der Waals surface area contributed by atoms with Crippen LogP contribution in [0, 0.1) is 0 Å². The summed E-state index contributed by atoms with van der Waals surface area (Å²) in [6, 6.07) is 0.297. The molecule has 13 heavy (non-hydrogen) atoms. The fraction of sp³-hybridized carbons (Fsp3) is 0.667. The van der Waals surface area contributed by atoms with Gasteiger partial charge in [0.1, 0.15) is 0 Å². The highest BCUT2D eigenvalue weighted by Gasteiger charge is 2.12. The van der Waals surface area contributed by atoms with E-state index in [1.165, 1.54) is 0 Å². The lowest BCUT2D eigenvalue weighted by molar-refractivity contribution is 0.290. The molecular formula is C9H16N2O2. The maximum atomic E-state index is 8.87. The van der Waals surface area contributed by atoms with Crippen molar-refractivity contribution in [1.82, 2.24) is 9.78 Å². The van der Waals surface area contributed by atoms with Crippen molar-refractivity contribution in [3.05, 3.63) is 11.9 Å². The molecule has 0 bridgehead atoms. The van der Waals surface area contributed by atoms with Gasteiger partial charge in [0.2, 0.25) is 0 Å². The number of hydrogen-bond acceptors (Lipinski definition) is 3. The molecule has 0 aliphatic heterocycles. The van der Waals surface area contributed by atoms with Crippen molar-refractivity contribution in [1.29, 1.82) is 0 Å². The second-order valence-electron chi connectivity index (χ2n) is 3.17. The molecule has 0 spiro atoms. The van der Waals surface area contributed by atoms with Crippen LogP contribution < -0.4 is 4.74 Å². The minimum atomic E-state index is 0.120. The van der Waals surface area contributed by atoms with Crippen molar-refractivity contribution >= 4 is 0 Å². The molecule has 1 rings (SSSR count). The number of nitrogens with zero attached hydrogens (tertiary/aromatic N) is 2. The normalized spacial score (nSPS) is 10.8. The van der Waals surface area contributed by atoms with Gasteiger partial charge in [-0.1, -0.05) is 0 Å². The molecule has 0 aliphatic carbocycles. The Morgan fingerprint density at radius 3 is 2.77 bits per heavy atom. The van der Waals surface area contributed by atoms with Crippen molar-refractivity contribution in [3.8, 4) is 5.75 Å². The first-order valence-corrected chi connectivity index (χ1v) is 4.42. The highest BCUT2D eigenvalue weighted by Crippen LogP contribution is 2.20. The van der Waals surface area contributed by atoms with Crippen molar-refractivity contribution in [2.24, 2.45) is 0 Å². The number of aliphatic hydroxyl groups is 1. The molecule has 4 heteroatoms. The molecule has 1 N–H and O–H groups in total. The Bertz CT molecular complexity index is 269. The largest absolute Gasteiger partial charge is 0.493 e. The van der Waals surface area contributed by atoms with Crippen LogP contribution in [0.15, 0.2) is 6.20 Å². The highest BCUT2D eigenvalue weighted by molar-refractivity contribution is 5.25. The molecule has 0 unspecified atom stereocenters. The monoisotopic (exact) mass is 184 g/mol. The minimum absolute atomic E-state index is 0.120. The molecule has 1 aromatic rings. The molecule has 0 fully saturated rings. The van der Waals surface area contributed by atoms with Crippen LogP contribution in [-0.4, -0.2) is 28.6 Å². The standard InChI is InChI=1S/C9H16N2O2/c1-7(2)11-8(4-5-12)9(13-3)6-10-11/h6-7,12H,4-5H2,1-3H3. The third-order valence-corrected chi connectivity index (χ3v) is 1.92. The van der Waals surface area contributed by atoms with Gasteiger partial charge >= 0.3 is 0 Å². The smallest absolute Gasteiger partial charge is 0.160 e. The first-order valence-electron chi connectivity index (χ1n) is 4.42. The van der Waals surface area contributed by atoms with E-state index in [0.717, 1.165) is 11.4 Å². The topological polar surface area (TPSA) is 47.3 Å². The van der Waals surface area contributed by atoms with Gasteiger partial charge < -0.3 is 9.84 Å². The summed E-state index contributed by atoms with van der Waals surface area (Å²) in [6.45, 7) is 4.22. The van der Waals surface area contributed by atoms with Crippen LogP contribution >= 0.6 is 0 Å². The van der Waals surface area contributed by atoms with E-state index in [4.69, 9.17) is 9.84 Å². The Labute approximate surface area is 78.1 Å². The summed E-state index contributed by atoms with van der Waals surface area (Å²) < 4.78 is 7.00. The van der Waals surface area contributed by atoms with Gasteiger partial charge in [-0.15, -0.1) is 0 Å². The predicted molar refractivity (Wildman–Crippen MR) is 50.0 cm³/mol. The number of rotatable bonds is 4. The van der Waals surface area contributed by atoms with E-state index < -0.39 is 0 Å². The molecule has 0 aliphatic rings. The van der Waals surface area contributed by atoms with Crippen molar-refractivity contribution in [2.75, 3.05) is 13.7 Å². The van der Waals surface area contributed by atoms with Gasteiger partial charge in [-0.2, -0.15) is 5.10 Å². The van der Waals surface area contributed by atoms with Gasteiger partial charge in [0.25, 0.3) is 0 Å². The summed E-state index contributed by atoms with van der Waals surface area (Å²) in [5, 5.41) is 13.1. The van der Waals surface area contributed by atoms with Crippen LogP contribution in [0.3, 0.4) is 0 Å². The van der Waals surface area contributed by atoms with Crippen LogP contribution in [0.4, 0.5) is 0 Å². The van der Waals surface area contributed by atoms with E-state index in [1.54, 1.807) is 13.3 Å². The lowest BCUT2D eigenvalue weighted by Gasteiger charge is -2.10. The van der Waals surface area contributed by atoms with E-state index in [1.807, 2.05) is 18.5 Å². The van der Waals surface area contributed by atoms with E-state index in [0.29, 0.717) is 12.5 Å². The first-order chi connectivity index (χ1) is 6.20. The highest BCUT2D eigenvalue weighted by atomic mass is 16.5. The average molecular weight is 184 g/mol. The third kappa shape index (κ3) is 2.01. The third-order valence-electron chi connectivity index (χ3n) is 1.92. The molecule has 0 aromatic carbocycles. The predicted octanol–water partition coefficient (Wildman–Crippen LogP) is 1.01. The quantitative estimate of drug-likeness (QED) is 0.759. The molecule has 1 heterocycles.